The van der Waals surface area contributed by atoms with Crippen LogP contribution in [0.15, 0.2) is 16.5 Å². The van der Waals surface area contributed by atoms with Crippen LogP contribution in [-0.2, 0) is 10.2 Å². The van der Waals surface area contributed by atoms with Gasteiger partial charge in [0.2, 0.25) is 0 Å². The number of hydrogen-bond donors (Lipinski definition) is 1. The van der Waals surface area contributed by atoms with Gasteiger partial charge in [-0.25, -0.2) is 0 Å². The van der Waals surface area contributed by atoms with Crippen LogP contribution in [0.2, 0.25) is 0 Å². The maximum Gasteiger partial charge on any atom is 0.287 e. The lowest BCUT2D eigenvalue weighted by Gasteiger charge is -2.33. The Kier molecular flexibility index (Phi) is 4.74. The molecule has 8 heteroatoms. The van der Waals surface area contributed by atoms with Gasteiger partial charge >= 0.3 is 0 Å². The van der Waals surface area contributed by atoms with E-state index in [-0.39, 0.29) is 11.9 Å². The summed E-state index contributed by atoms with van der Waals surface area (Å²) in [7, 11) is -3.33. The highest BCUT2D eigenvalue weighted by atomic mass is 32.2. The van der Waals surface area contributed by atoms with Crippen LogP contribution in [0.3, 0.4) is 0 Å². The summed E-state index contributed by atoms with van der Waals surface area (Å²) >= 11 is 0. The van der Waals surface area contributed by atoms with Gasteiger partial charge < -0.3 is 9.73 Å². The van der Waals surface area contributed by atoms with Gasteiger partial charge in [0, 0.05) is 32.2 Å². The monoisotopic (exact) mass is 341 g/mol. The largest absolute Gasteiger partial charge is 0.456 e. The quantitative estimate of drug-likeness (QED) is 0.890. The van der Waals surface area contributed by atoms with E-state index in [0.717, 1.165) is 12.8 Å². The molecule has 1 aromatic heterocycles. The molecule has 0 unspecified atom stereocenters. The lowest BCUT2D eigenvalue weighted by Crippen LogP contribution is -2.50. The van der Waals surface area contributed by atoms with Crippen LogP contribution in [0.25, 0.3) is 0 Å². The van der Waals surface area contributed by atoms with Gasteiger partial charge in [0.05, 0.1) is 0 Å². The molecule has 0 aromatic carbocycles. The second-order valence-electron chi connectivity index (χ2n) is 6.17. The van der Waals surface area contributed by atoms with Crippen molar-refractivity contribution in [1.82, 2.24) is 13.9 Å². The molecular formula is C15H23N3O4S. The summed E-state index contributed by atoms with van der Waals surface area (Å²) in [6, 6.07) is 3.38. The molecule has 3 heterocycles. The molecule has 7 nitrogen and oxygen atoms in total. The summed E-state index contributed by atoms with van der Waals surface area (Å²) in [6.45, 7) is 3.92. The maximum absolute atomic E-state index is 12.5. The smallest absolute Gasteiger partial charge is 0.287 e. The molecule has 0 spiro atoms. The average molecular weight is 341 g/mol. The number of nitrogens with one attached hydrogen (secondary N) is 1. The predicted molar refractivity (Wildman–Crippen MR) is 85.2 cm³/mol. The minimum Gasteiger partial charge on any atom is -0.456 e. The van der Waals surface area contributed by atoms with Crippen molar-refractivity contribution in [3.63, 3.8) is 0 Å². The van der Waals surface area contributed by atoms with Crippen LogP contribution in [0.1, 0.15) is 42.0 Å². The summed E-state index contributed by atoms with van der Waals surface area (Å²) < 4.78 is 33.4. The fourth-order valence-electron chi connectivity index (χ4n) is 3.13. The maximum atomic E-state index is 12.5. The molecule has 128 valence electrons. The normalized spacial score (nSPS) is 21.6. The standard InChI is InChI=1S/C15H23N3O4S/c1-12-4-5-14(22-12)15(19)16-13-6-10-18(11-7-13)23(20,21)17-8-2-3-9-17/h4-5,13H,2-3,6-11H2,1H3,(H,16,19). The van der Waals surface area contributed by atoms with Crippen LogP contribution in [-0.4, -0.2) is 55.2 Å². The molecule has 2 aliphatic rings. The van der Waals surface area contributed by atoms with Crippen molar-refractivity contribution in [2.24, 2.45) is 0 Å². The number of piperidine rings is 1. The van der Waals surface area contributed by atoms with Crippen LogP contribution in [0, 0.1) is 6.92 Å². The zero-order valence-corrected chi connectivity index (χ0v) is 14.1. The Morgan fingerprint density at radius 2 is 1.74 bits per heavy atom. The van der Waals surface area contributed by atoms with Gasteiger partial charge in [-0.2, -0.15) is 17.0 Å². The minimum atomic E-state index is -3.33. The third-order valence-electron chi connectivity index (χ3n) is 4.47. The summed E-state index contributed by atoms with van der Waals surface area (Å²) in [6.07, 6.45) is 3.12. The van der Waals surface area contributed by atoms with Crippen LogP contribution < -0.4 is 5.32 Å². The van der Waals surface area contributed by atoms with E-state index in [4.69, 9.17) is 4.42 Å². The molecule has 1 amide bonds. The lowest BCUT2D eigenvalue weighted by atomic mass is 10.1. The van der Waals surface area contributed by atoms with Gasteiger partial charge in [-0.15, -0.1) is 0 Å². The van der Waals surface area contributed by atoms with Crippen LogP contribution in [0.5, 0.6) is 0 Å². The molecule has 2 aliphatic heterocycles. The van der Waals surface area contributed by atoms with E-state index in [9.17, 15) is 13.2 Å². The third kappa shape index (κ3) is 3.59. The highest BCUT2D eigenvalue weighted by molar-refractivity contribution is 7.86. The van der Waals surface area contributed by atoms with Gasteiger partial charge in [0.1, 0.15) is 5.76 Å². The number of amides is 1. The molecule has 1 aromatic rings. The molecule has 3 rings (SSSR count). The first-order valence-electron chi connectivity index (χ1n) is 8.09. The first kappa shape index (κ1) is 16.5. The molecule has 0 atom stereocenters. The zero-order valence-electron chi connectivity index (χ0n) is 13.3. The molecular weight excluding hydrogens is 318 g/mol. The van der Waals surface area contributed by atoms with E-state index in [1.165, 1.54) is 4.31 Å². The minimum absolute atomic E-state index is 0.0158. The Bertz CT molecular complexity index is 656. The van der Waals surface area contributed by atoms with Crippen molar-refractivity contribution >= 4 is 16.1 Å². The van der Waals surface area contributed by atoms with E-state index < -0.39 is 10.2 Å². The van der Waals surface area contributed by atoms with Crippen LogP contribution >= 0.6 is 0 Å². The molecule has 2 fully saturated rings. The van der Waals surface area contributed by atoms with Gasteiger partial charge in [-0.1, -0.05) is 0 Å². The SMILES string of the molecule is Cc1ccc(C(=O)NC2CCN(S(=O)(=O)N3CCCC3)CC2)o1. The third-order valence-corrected chi connectivity index (χ3v) is 6.51. The number of nitrogens with zero attached hydrogens (tertiary/aromatic N) is 2. The average Bonchev–Trinajstić information content (AvgIpc) is 3.19. The number of carbonyl (C=O) groups is 1. The van der Waals surface area contributed by atoms with Crippen molar-refractivity contribution in [3.05, 3.63) is 23.7 Å². The van der Waals surface area contributed by atoms with E-state index in [0.29, 0.717) is 50.5 Å². The summed E-state index contributed by atoms with van der Waals surface area (Å²) in [5, 5.41) is 2.92. The number of aryl methyl sites for hydroxylation is 1. The van der Waals surface area contributed by atoms with Gasteiger partial charge in [-0.3, -0.25) is 4.79 Å². The van der Waals surface area contributed by atoms with Crippen molar-refractivity contribution in [3.8, 4) is 0 Å². The van der Waals surface area contributed by atoms with Gasteiger partial charge in [0.25, 0.3) is 16.1 Å². The molecule has 0 aliphatic carbocycles. The van der Waals surface area contributed by atoms with Gasteiger partial charge in [0.15, 0.2) is 5.76 Å². The Hall–Kier alpha value is -1.38. The molecule has 23 heavy (non-hydrogen) atoms. The van der Waals surface area contributed by atoms with Crippen molar-refractivity contribution < 1.29 is 17.6 Å². The number of carbonyl (C=O) groups excluding carboxylic acids is 1. The Morgan fingerprint density at radius 1 is 1.13 bits per heavy atom. The molecule has 0 radical (unpaired) electrons. The van der Waals surface area contributed by atoms with Crippen molar-refractivity contribution in [2.45, 2.75) is 38.6 Å². The first-order valence-corrected chi connectivity index (χ1v) is 9.49. The van der Waals surface area contributed by atoms with Crippen molar-refractivity contribution in [1.29, 1.82) is 0 Å². The van der Waals surface area contributed by atoms with E-state index in [2.05, 4.69) is 5.32 Å². The van der Waals surface area contributed by atoms with E-state index in [1.807, 2.05) is 0 Å². The Labute approximate surface area is 136 Å². The highest BCUT2D eigenvalue weighted by Crippen LogP contribution is 2.21. The summed E-state index contributed by atoms with van der Waals surface area (Å²) in [5.41, 5.74) is 0. The van der Waals surface area contributed by atoms with Crippen LogP contribution in [0.4, 0.5) is 0 Å². The number of rotatable bonds is 4. The topological polar surface area (TPSA) is 82.9 Å². The molecule has 2 saturated heterocycles. The second kappa shape index (κ2) is 6.62. The van der Waals surface area contributed by atoms with Crippen molar-refractivity contribution in [2.75, 3.05) is 26.2 Å². The molecule has 0 bridgehead atoms. The summed E-state index contributed by atoms with van der Waals surface area (Å²) in [4.78, 5) is 12.1. The highest BCUT2D eigenvalue weighted by Gasteiger charge is 2.34. The van der Waals surface area contributed by atoms with E-state index >= 15 is 0 Å². The Balaban J connectivity index is 1.53. The fraction of sp³-hybridized carbons (Fsp3) is 0.667. The molecule has 1 N–H and O–H groups in total. The van der Waals surface area contributed by atoms with Gasteiger partial charge in [-0.05, 0) is 44.7 Å². The number of furan rings is 1. The Morgan fingerprint density at radius 3 is 2.30 bits per heavy atom. The lowest BCUT2D eigenvalue weighted by molar-refractivity contribution is 0.0894. The molecule has 0 saturated carbocycles. The number of hydrogen-bond acceptors (Lipinski definition) is 4. The predicted octanol–water partition coefficient (Wildman–Crippen LogP) is 1.12. The zero-order chi connectivity index (χ0) is 16.4. The summed E-state index contributed by atoms with van der Waals surface area (Å²) in [5.74, 6) is 0.759. The second-order valence-corrected chi connectivity index (χ2v) is 8.10. The van der Waals surface area contributed by atoms with E-state index in [1.54, 1.807) is 23.4 Å². The fourth-order valence-corrected chi connectivity index (χ4v) is 4.84. The first-order chi connectivity index (χ1) is 11.0.